The highest BCUT2D eigenvalue weighted by Gasteiger charge is 2.24. The molecule has 0 aromatic heterocycles. The van der Waals surface area contributed by atoms with Crippen LogP contribution in [-0.2, 0) is 28.6 Å². The molecule has 0 aromatic carbocycles. The van der Waals surface area contributed by atoms with Crippen molar-refractivity contribution in [3.8, 4) is 0 Å². The van der Waals surface area contributed by atoms with Gasteiger partial charge in [0.25, 0.3) is 0 Å². The number of esters is 3. The van der Waals surface area contributed by atoms with E-state index in [0.29, 0.717) is 52.7 Å². The highest BCUT2D eigenvalue weighted by atomic mass is 16.5. The van der Waals surface area contributed by atoms with E-state index in [2.05, 4.69) is 68.0 Å². The zero-order chi connectivity index (χ0) is 46.2. The van der Waals surface area contributed by atoms with E-state index < -0.39 is 0 Å². The lowest BCUT2D eigenvalue weighted by atomic mass is 10.1. The summed E-state index contributed by atoms with van der Waals surface area (Å²) in [5.41, 5.74) is 0. The molecule has 0 rings (SSSR count). The van der Waals surface area contributed by atoms with Gasteiger partial charge in [0.15, 0.2) is 19.6 Å². The summed E-state index contributed by atoms with van der Waals surface area (Å²) in [5.74, 6) is -0.589. The highest BCUT2D eigenvalue weighted by Crippen LogP contribution is 2.14. The lowest BCUT2D eigenvalue weighted by molar-refractivity contribution is -0.883. The van der Waals surface area contributed by atoms with Gasteiger partial charge in [0.05, 0.1) is 61.9 Å². The molecule has 10 heteroatoms. The Hall–Kier alpha value is -1.75. The van der Waals surface area contributed by atoms with Crippen molar-refractivity contribution in [2.24, 2.45) is 0 Å². The predicted molar refractivity (Wildman–Crippen MR) is 261 cm³/mol. The molecule has 368 valence electrons. The average molecular weight is 884 g/mol. The smallest absolute Gasteiger partial charge is 0.361 e. The van der Waals surface area contributed by atoms with Gasteiger partial charge in [0, 0.05) is 19.6 Å². The second-order valence-corrected chi connectivity index (χ2v) is 20.8. The van der Waals surface area contributed by atoms with Crippen LogP contribution in [-0.4, -0.2) is 157 Å². The van der Waals surface area contributed by atoms with E-state index in [0.717, 1.165) is 38.9 Å². The zero-order valence-corrected chi connectivity index (χ0v) is 43.0. The molecule has 0 heterocycles. The maximum Gasteiger partial charge on any atom is 0.361 e. The normalized spacial score (nSPS) is 12.3. The second kappa shape index (κ2) is 39.6. The predicted octanol–water partition coefficient (Wildman–Crippen LogP) is 11.1. The molecule has 0 aliphatic carbocycles. The van der Waals surface area contributed by atoms with Crippen molar-refractivity contribution in [2.75, 3.05) is 121 Å². The molecule has 0 aromatic rings. The third kappa shape index (κ3) is 41.0. The first-order valence-electron chi connectivity index (χ1n) is 26.3. The van der Waals surface area contributed by atoms with E-state index in [1.54, 1.807) is 0 Å². The lowest BCUT2D eigenvalue weighted by Crippen LogP contribution is -2.46. The molecule has 0 fully saturated rings. The zero-order valence-electron chi connectivity index (χ0n) is 43.0. The van der Waals surface area contributed by atoms with Crippen molar-refractivity contribution in [1.29, 1.82) is 0 Å². The van der Waals surface area contributed by atoms with Gasteiger partial charge >= 0.3 is 17.9 Å². The summed E-state index contributed by atoms with van der Waals surface area (Å²) in [7, 11) is 12.6. The maximum atomic E-state index is 13.0. The number of rotatable bonds is 46. The standard InChI is InChI=1S/C52H107N4O6/c1-10-13-16-19-22-25-26-27-28-31-34-37-43-56(8,9)49-52(59)62-46-40-53(38-44-60-50(57)47-54(4,5)41-35-32-29-23-20-17-14-11-2)39-45-61-51(58)48-55(6,7)42-36-33-30-24-21-18-15-12-3/h10-49H2,1-9H3/q+3. The van der Waals surface area contributed by atoms with Crippen LogP contribution in [0.3, 0.4) is 0 Å². The van der Waals surface area contributed by atoms with Gasteiger partial charge < -0.3 is 27.7 Å². The van der Waals surface area contributed by atoms with Gasteiger partial charge in [-0.1, -0.05) is 162 Å². The SMILES string of the molecule is CCCCCCCCCCCCCC[N+](C)(C)CC(=O)OCCN(CCOC(=O)C[N+](C)(C)CCCCCCCCCC)CCOC(=O)C[N+](C)(C)CCCCCCCCCC. The van der Waals surface area contributed by atoms with Gasteiger partial charge in [0.1, 0.15) is 19.8 Å². The van der Waals surface area contributed by atoms with Crippen LogP contribution in [0.25, 0.3) is 0 Å². The first-order valence-corrected chi connectivity index (χ1v) is 26.3. The van der Waals surface area contributed by atoms with Gasteiger partial charge in [-0.3, -0.25) is 4.90 Å². The molecule has 0 radical (unpaired) electrons. The number of carbonyl (C=O) groups is 3. The molecular weight excluding hydrogens is 777 g/mol. The largest absolute Gasteiger partial charge is 0.460 e. The number of quaternary nitrogens is 3. The minimum absolute atomic E-state index is 0.195. The Morgan fingerprint density at radius 1 is 0.323 bits per heavy atom. The molecular formula is C52H107N4O6+3. The summed E-state index contributed by atoms with van der Waals surface area (Å²) in [6, 6.07) is 0. The Balaban J connectivity index is 4.82. The fraction of sp³-hybridized carbons (Fsp3) is 0.942. The molecule has 0 atom stereocenters. The fourth-order valence-corrected chi connectivity index (χ4v) is 8.35. The minimum atomic E-state index is -0.197. The van der Waals surface area contributed by atoms with Crippen molar-refractivity contribution < 1.29 is 42.0 Å². The first kappa shape index (κ1) is 60.2. The molecule has 62 heavy (non-hydrogen) atoms. The summed E-state index contributed by atoms with van der Waals surface area (Å²) in [4.78, 5) is 40.9. The van der Waals surface area contributed by atoms with E-state index in [1.807, 2.05) is 0 Å². The van der Waals surface area contributed by atoms with Gasteiger partial charge in [-0.05, 0) is 38.5 Å². The Morgan fingerprint density at radius 2 is 0.516 bits per heavy atom. The van der Waals surface area contributed by atoms with Crippen LogP contribution in [0.15, 0.2) is 0 Å². The third-order valence-electron chi connectivity index (χ3n) is 12.5. The van der Waals surface area contributed by atoms with Crippen molar-refractivity contribution in [2.45, 2.75) is 201 Å². The van der Waals surface area contributed by atoms with Crippen LogP contribution < -0.4 is 0 Å². The first-order chi connectivity index (χ1) is 29.6. The topological polar surface area (TPSA) is 82.1 Å². The number of hydrogen-bond acceptors (Lipinski definition) is 7. The molecule has 0 N–H and O–H groups in total. The monoisotopic (exact) mass is 884 g/mol. The van der Waals surface area contributed by atoms with Crippen LogP contribution in [0.2, 0.25) is 0 Å². The van der Waals surface area contributed by atoms with Crippen molar-refractivity contribution in [3.05, 3.63) is 0 Å². The minimum Gasteiger partial charge on any atom is -0.460 e. The number of unbranched alkanes of at least 4 members (excludes halogenated alkanes) is 25. The molecule has 0 unspecified atom stereocenters. The average Bonchev–Trinajstić information content (AvgIpc) is 3.19. The van der Waals surface area contributed by atoms with Gasteiger partial charge in [-0.15, -0.1) is 0 Å². The van der Waals surface area contributed by atoms with E-state index in [1.165, 1.54) is 161 Å². The van der Waals surface area contributed by atoms with Crippen LogP contribution in [0.4, 0.5) is 0 Å². The van der Waals surface area contributed by atoms with Gasteiger partial charge in [-0.2, -0.15) is 0 Å². The molecule has 0 bridgehead atoms. The number of carbonyl (C=O) groups excluding carboxylic acids is 3. The molecule has 0 aliphatic rings. The Morgan fingerprint density at radius 3 is 0.726 bits per heavy atom. The number of likely N-dealkylation sites (N-methyl/N-ethyl adjacent to an activating group) is 3. The number of nitrogens with zero attached hydrogens (tertiary/aromatic N) is 4. The summed E-state index contributed by atoms with van der Waals surface area (Å²) >= 11 is 0. The molecule has 0 saturated heterocycles. The van der Waals surface area contributed by atoms with Crippen LogP contribution in [0.5, 0.6) is 0 Å². The van der Waals surface area contributed by atoms with Crippen molar-refractivity contribution >= 4 is 17.9 Å². The van der Waals surface area contributed by atoms with Gasteiger partial charge in [-0.25, -0.2) is 14.4 Å². The van der Waals surface area contributed by atoms with Crippen molar-refractivity contribution in [1.82, 2.24) is 4.90 Å². The highest BCUT2D eigenvalue weighted by molar-refractivity contribution is 5.71. The summed E-state index contributed by atoms with van der Waals surface area (Å²) in [6.07, 6.45) is 36.2. The lowest BCUT2D eigenvalue weighted by Gasteiger charge is -2.29. The summed E-state index contributed by atoms with van der Waals surface area (Å²) < 4.78 is 19.1. The second-order valence-electron chi connectivity index (χ2n) is 20.8. The Kier molecular flexibility index (Phi) is 38.5. The Bertz CT molecular complexity index is 1020. The van der Waals surface area contributed by atoms with Crippen LogP contribution in [0.1, 0.15) is 201 Å². The summed E-state index contributed by atoms with van der Waals surface area (Å²) in [6.45, 7) is 12.8. The molecule has 0 amide bonds. The van der Waals surface area contributed by atoms with E-state index >= 15 is 0 Å². The molecule has 0 aliphatic heterocycles. The molecule has 0 spiro atoms. The summed E-state index contributed by atoms with van der Waals surface area (Å²) in [5, 5.41) is 0. The van der Waals surface area contributed by atoms with Crippen LogP contribution >= 0.6 is 0 Å². The maximum absolute atomic E-state index is 13.0. The van der Waals surface area contributed by atoms with Gasteiger partial charge in [0.2, 0.25) is 0 Å². The quantitative estimate of drug-likeness (QED) is 0.0261. The Labute approximate surface area is 385 Å². The third-order valence-corrected chi connectivity index (χ3v) is 12.5. The van der Waals surface area contributed by atoms with E-state index in [4.69, 9.17) is 14.2 Å². The van der Waals surface area contributed by atoms with Crippen LogP contribution in [0, 0.1) is 0 Å². The number of ether oxygens (including phenoxy) is 3. The fourth-order valence-electron chi connectivity index (χ4n) is 8.35. The number of hydrogen-bond donors (Lipinski definition) is 0. The van der Waals surface area contributed by atoms with E-state index in [9.17, 15) is 14.4 Å². The van der Waals surface area contributed by atoms with E-state index in [-0.39, 0.29) is 37.7 Å². The molecule has 0 saturated carbocycles. The van der Waals surface area contributed by atoms with Crippen molar-refractivity contribution in [3.63, 3.8) is 0 Å². The molecule has 10 nitrogen and oxygen atoms in total.